The van der Waals surface area contributed by atoms with E-state index >= 15 is 0 Å². The van der Waals surface area contributed by atoms with Gasteiger partial charge in [0.2, 0.25) is 0 Å². The van der Waals surface area contributed by atoms with E-state index in [4.69, 9.17) is 15.2 Å². The summed E-state index contributed by atoms with van der Waals surface area (Å²) < 4.78 is 13.0. The normalized spacial score (nSPS) is 10.4. The lowest BCUT2D eigenvalue weighted by Crippen LogP contribution is -1.97. The van der Waals surface area contributed by atoms with E-state index in [1.807, 2.05) is 25.2 Å². The number of nitrogen functional groups attached to an aromatic ring is 1. The van der Waals surface area contributed by atoms with Crippen LogP contribution in [0.25, 0.3) is 11.3 Å². The molecule has 0 amide bonds. The van der Waals surface area contributed by atoms with E-state index in [0.29, 0.717) is 5.82 Å². The Balaban J connectivity index is 2.68. The number of benzene rings is 1. The molecule has 0 saturated carbocycles. The molecule has 2 aromatic rings. The first kappa shape index (κ1) is 12.8. The summed E-state index contributed by atoms with van der Waals surface area (Å²) >= 11 is 3.44. The quantitative estimate of drug-likeness (QED) is 0.945. The fourth-order valence-electron chi connectivity index (χ4n) is 1.81. The van der Waals surface area contributed by atoms with Crippen molar-refractivity contribution in [2.45, 2.75) is 0 Å². The fourth-order valence-corrected chi connectivity index (χ4v) is 2.36. The summed E-state index contributed by atoms with van der Waals surface area (Å²) in [4.78, 5) is 0. The summed E-state index contributed by atoms with van der Waals surface area (Å²) in [5.74, 6) is 1.93. The van der Waals surface area contributed by atoms with Gasteiger partial charge in [-0.1, -0.05) is 0 Å². The van der Waals surface area contributed by atoms with Crippen LogP contribution >= 0.6 is 15.9 Å². The van der Waals surface area contributed by atoms with E-state index < -0.39 is 0 Å². The number of nitrogens with two attached hydrogens (primary N) is 1. The van der Waals surface area contributed by atoms with Crippen LogP contribution in [-0.2, 0) is 7.05 Å². The second kappa shape index (κ2) is 4.89. The smallest absolute Gasteiger partial charge is 0.160 e. The Labute approximate surface area is 114 Å². The Kier molecular flexibility index (Phi) is 3.47. The average molecular weight is 312 g/mol. The topological polar surface area (TPSA) is 62.3 Å². The van der Waals surface area contributed by atoms with E-state index in [1.54, 1.807) is 18.9 Å². The van der Waals surface area contributed by atoms with Gasteiger partial charge in [0.25, 0.3) is 0 Å². The first-order valence-electron chi connectivity index (χ1n) is 5.28. The maximum Gasteiger partial charge on any atom is 0.160 e. The molecule has 0 saturated heterocycles. The van der Waals surface area contributed by atoms with Crippen LogP contribution in [0.2, 0.25) is 0 Å². The molecule has 0 bridgehead atoms. The molecule has 0 aliphatic rings. The van der Waals surface area contributed by atoms with Crippen molar-refractivity contribution in [3.63, 3.8) is 0 Å². The van der Waals surface area contributed by atoms with Crippen molar-refractivity contribution < 1.29 is 9.47 Å². The Hall–Kier alpha value is -1.69. The lowest BCUT2D eigenvalue weighted by molar-refractivity contribution is 0.404. The zero-order chi connectivity index (χ0) is 13.3. The minimum atomic E-state index is 0.442. The molecule has 6 heteroatoms. The zero-order valence-electron chi connectivity index (χ0n) is 10.4. The van der Waals surface area contributed by atoms with Gasteiger partial charge in [-0.15, -0.1) is 0 Å². The van der Waals surface area contributed by atoms with Crippen LogP contribution in [0, 0.1) is 0 Å². The molecule has 1 aromatic heterocycles. The SMILES string of the molecule is COc1ccc(OC)c(-c2c(Br)c(N)nn2C)c1. The Morgan fingerprint density at radius 3 is 2.50 bits per heavy atom. The predicted octanol–water partition coefficient (Wildman–Crippen LogP) is 2.45. The third-order valence-corrected chi connectivity index (χ3v) is 3.46. The molecule has 0 atom stereocenters. The summed E-state index contributed by atoms with van der Waals surface area (Å²) in [7, 11) is 5.08. The van der Waals surface area contributed by atoms with Crippen LogP contribution in [0.4, 0.5) is 5.82 Å². The highest BCUT2D eigenvalue weighted by molar-refractivity contribution is 9.10. The van der Waals surface area contributed by atoms with Crippen molar-refractivity contribution in [2.75, 3.05) is 20.0 Å². The van der Waals surface area contributed by atoms with E-state index in [2.05, 4.69) is 21.0 Å². The number of hydrogen-bond donors (Lipinski definition) is 1. The van der Waals surface area contributed by atoms with Gasteiger partial charge in [0.05, 0.1) is 24.4 Å². The van der Waals surface area contributed by atoms with Crippen LogP contribution in [0.15, 0.2) is 22.7 Å². The van der Waals surface area contributed by atoms with E-state index in [0.717, 1.165) is 27.2 Å². The van der Waals surface area contributed by atoms with Crippen molar-refractivity contribution in [1.82, 2.24) is 9.78 Å². The summed E-state index contributed by atoms with van der Waals surface area (Å²) in [6, 6.07) is 5.58. The number of ether oxygens (including phenoxy) is 2. The highest BCUT2D eigenvalue weighted by atomic mass is 79.9. The van der Waals surface area contributed by atoms with Gasteiger partial charge in [-0.05, 0) is 34.1 Å². The molecule has 0 aliphatic carbocycles. The molecule has 18 heavy (non-hydrogen) atoms. The van der Waals surface area contributed by atoms with Gasteiger partial charge >= 0.3 is 0 Å². The molecule has 5 nitrogen and oxygen atoms in total. The van der Waals surface area contributed by atoms with Crippen molar-refractivity contribution in [2.24, 2.45) is 7.05 Å². The van der Waals surface area contributed by atoms with Crippen molar-refractivity contribution >= 4 is 21.7 Å². The molecule has 0 radical (unpaired) electrons. The summed E-state index contributed by atoms with van der Waals surface area (Å²) in [5, 5.41) is 4.17. The van der Waals surface area contributed by atoms with Gasteiger partial charge in [-0.2, -0.15) is 5.10 Å². The molecule has 2 rings (SSSR count). The van der Waals surface area contributed by atoms with Gasteiger partial charge in [-0.3, -0.25) is 4.68 Å². The minimum Gasteiger partial charge on any atom is -0.497 e. The lowest BCUT2D eigenvalue weighted by Gasteiger charge is -2.11. The molecule has 0 unspecified atom stereocenters. The fraction of sp³-hybridized carbons (Fsp3) is 0.250. The first-order chi connectivity index (χ1) is 8.58. The van der Waals surface area contributed by atoms with Gasteiger partial charge in [0, 0.05) is 12.6 Å². The third kappa shape index (κ3) is 2.03. The van der Waals surface area contributed by atoms with Gasteiger partial charge in [-0.25, -0.2) is 0 Å². The summed E-state index contributed by atoms with van der Waals surface area (Å²) in [5.41, 5.74) is 7.51. The summed E-state index contributed by atoms with van der Waals surface area (Å²) in [6.07, 6.45) is 0. The van der Waals surface area contributed by atoms with Gasteiger partial charge < -0.3 is 15.2 Å². The van der Waals surface area contributed by atoms with Gasteiger partial charge in [0.15, 0.2) is 5.82 Å². The molecule has 96 valence electrons. The average Bonchev–Trinajstić information content (AvgIpc) is 2.62. The van der Waals surface area contributed by atoms with Crippen molar-refractivity contribution in [3.05, 3.63) is 22.7 Å². The zero-order valence-corrected chi connectivity index (χ0v) is 12.0. The van der Waals surface area contributed by atoms with Crippen molar-refractivity contribution in [1.29, 1.82) is 0 Å². The number of hydrogen-bond acceptors (Lipinski definition) is 4. The molecule has 0 spiro atoms. The maximum absolute atomic E-state index is 5.79. The predicted molar refractivity (Wildman–Crippen MR) is 73.9 cm³/mol. The summed E-state index contributed by atoms with van der Waals surface area (Å²) in [6.45, 7) is 0. The maximum atomic E-state index is 5.79. The lowest BCUT2D eigenvalue weighted by atomic mass is 10.1. The van der Waals surface area contributed by atoms with E-state index in [-0.39, 0.29) is 0 Å². The number of aryl methyl sites for hydroxylation is 1. The second-order valence-electron chi connectivity index (χ2n) is 3.74. The van der Waals surface area contributed by atoms with Crippen LogP contribution in [0.5, 0.6) is 11.5 Å². The first-order valence-corrected chi connectivity index (χ1v) is 6.08. The van der Waals surface area contributed by atoms with Crippen LogP contribution in [0.3, 0.4) is 0 Å². The van der Waals surface area contributed by atoms with Crippen LogP contribution < -0.4 is 15.2 Å². The van der Waals surface area contributed by atoms with E-state index in [1.165, 1.54) is 0 Å². The number of nitrogens with zero attached hydrogens (tertiary/aromatic N) is 2. The monoisotopic (exact) mass is 311 g/mol. The molecular formula is C12H14BrN3O2. The van der Waals surface area contributed by atoms with Crippen LogP contribution in [-0.4, -0.2) is 24.0 Å². The number of anilines is 1. The molecule has 1 aromatic carbocycles. The number of rotatable bonds is 3. The molecule has 0 fully saturated rings. The molecular weight excluding hydrogens is 298 g/mol. The minimum absolute atomic E-state index is 0.442. The van der Waals surface area contributed by atoms with E-state index in [9.17, 15) is 0 Å². The Bertz CT molecular complexity index is 581. The number of aromatic nitrogens is 2. The highest BCUT2D eigenvalue weighted by Gasteiger charge is 2.17. The second-order valence-corrected chi connectivity index (χ2v) is 4.53. The highest BCUT2D eigenvalue weighted by Crippen LogP contribution is 2.39. The third-order valence-electron chi connectivity index (χ3n) is 2.68. The van der Waals surface area contributed by atoms with Gasteiger partial charge in [0.1, 0.15) is 11.5 Å². The van der Waals surface area contributed by atoms with Crippen molar-refractivity contribution in [3.8, 4) is 22.8 Å². The molecule has 1 heterocycles. The Morgan fingerprint density at radius 1 is 1.28 bits per heavy atom. The molecule has 0 aliphatic heterocycles. The number of methoxy groups -OCH3 is 2. The standard InChI is InChI=1S/C12H14BrN3O2/c1-16-11(10(13)12(14)15-16)8-6-7(17-2)4-5-9(8)18-3/h4-6H,1-3H3,(H2,14,15). The Morgan fingerprint density at radius 2 is 2.00 bits per heavy atom. The molecule has 2 N–H and O–H groups in total. The largest absolute Gasteiger partial charge is 0.497 e. The number of halogens is 1. The van der Waals surface area contributed by atoms with Crippen LogP contribution in [0.1, 0.15) is 0 Å².